The van der Waals surface area contributed by atoms with Crippen LogP contribution >= 0.6 is 0 Å². The van der Waals surface area contributed by atoms with Gasteiger partial charge in [0.05, 0.1) is 18.4 Å². The van der Waals surface area contributed by atoms with E-state index in [1.54, 1.807) is 36.5 Å². The maximum Gasteiger partial charge on any atom is 0.243 e. The van der Waals surface area contributed by atoms with Gasteiger partial charge >= 0.3 is 0 Å². The average Bonchev–Trinajstić information content (AvgIpc) is 4.07. The van der Waals surface area contributed by atoms with Crippen molar-refractivity contribution in [3.63, 3.8) is 0 Å². The molecular formula is C50H70N18O9. The van der Waals surface area contributed by atoms with Crippen molar-refractivity contribution >= 4 is 76.0 Å². The number of hydrogen-bond acceptors (Lipinski definition) is 12. The second-order valence-corrected chi connectivity index (χ2v) is 18.6. The monoisotopic (exact) mass is 1070 g/mol. The van der Waals surface area contributed by atoms with Gasteiger partial charge < -0.3 is 80.3 Å². The smallest absolute Gasteiger partial charge is 0.243 e. The van der Waals surface area contributed by atoms with Gasteiger partial charge in [-0.3, -0.25) is 54.0 Å². The molecule has 27 nitrogen and oxygen atoms in total. The number of rotatable bonds is 18. The van der Waals surface area contributed by atoms with Crippen LogP contribution in [0.2, 0.25) is 0 Å². The molecule has 1 aliphatic rings. The molecule has 1 saturated heterocycles. The third kappa shape index (κ3) is 19.6. The third-order valence-electron chi connectivity index (χ3n) is 12.5. The molecule has 5 rings (SSSR count). The van der Waals surface area contributed by atoms with Gasteiger partial charge in [0.2, 0.25) is 53.2 Å². The zero-order chi connectivity index (χ0) is 55.9. The fraction of sp³-hybridized carbons (Fsp3) is 0.440. The number of nitrogens with zero attached hydrogens (tertiary/aromatic N) is 1. The van der Waals surface area contributed by atoms with Crippen LogP contribution in [-0.2, 0) is 62.4 Å². The van der Waals surface area contributed by atoms with Crippen LogP contribution in [0.15, 0.2) is 73.3 Å². The number of nitrogens with one attached hydrogen (secondary N) is 14. The number of aromatic amines is 2. The quantitative estimate of drug-likeness (QED) is 0.0269. The Labute approximate surface area is 443 Å². The lowest BCUT2D eigenvalue weighted by Gasteiger charge is -2.28. The summed E-state index contributed by atoms with van der Waals surface area (Å²) in [6.07, 6.45) is 4.27. The molecule has 0 aliphatic carbocycles. The Morgan fingerprint density at radius 1 is 0.714 bits per heavy atom. The molecule has 0 spiro atoms. The molecule has 4 aromatic rings. The molecule has 2 aromatic heterocycles. The first-order valence-electron chi connectivity index (χ1n) is 25.2. The summed E-state index contributed by atoms with van der Waals surface area (Å²) in [5.74, 6) is -7.95. The molecule has 0 bridgehead atoms. The van der Waals surface area contributed by atoms with Gasteiger partial charge in [0.1, 0.15) is 42.3 Å². The van der Waals surface area contributed by atoms with Gasteiger partial charge in [-0.2, -0.15) is 0 Å². The fourth-order valence-corrected chi connectivity index (χ4v) is 8.54. The standard InChI is InChI=1S/C50H70N18O9/c1-28(69)62-35(16-9-19-58-49(52)53)43(72)68-40-24-41(70)57-18-8-7-15-34(42(51)71)63-46(75)38(22-30-25-60-33-14-6-5-13-32(30)33)66-44(73)36(17-10-20-59-50(54)55)64-45(74)37(21-29-11-3-2-4-12-29)65-47(76)39(67-48(40)77)23-31-26-56-27-61-31/h2-6,11-14,25-27,34-40,60H,7-10,15-24H2,1H3,(H2,51,71)(H,56,61)(H,57,70)(H,62,69)(H,63,75)(H,64,74)(H,65,76)(H,66,73)(H,67,77)(H,68,72)(H4,52,53,58)(H4,54,55,59)/t34-,35-,36-,37+,38-,39+,40-/m0/s1. The number of imidazole rings is 1. The van der Waals surface area contributed by atoms with Gasteiger partial charge in [-0.15, -0.1) is 0 Å². The number of carbonyl (C=O) groups excluding carboxylic acids is 9. The second kappa shape index (κ2) is 29.7. The van der Waals surface area contributed by atoms with Crippen LogP contribution in [0.25, 0.3) is 10.9 Å². The van der Waals surface area contributed by atoms with Crippen molar-refractivity contribution in [3.8, 4) is 0 Å². The van der Waals surface area contributed by atoms with E-state index >= 15 is 0 Å². The summed E-state index contributed by atoms with van der Waals surface area (Å²) in [6, 6.07) is 6.16. The molecule has 9 amide bonds. The molecule has 1 fully saturated rings. The number of nitrogens with two attached hydrogens (primary N) is 3. The number of amides is 9. The third-order valence-corrected chi connectivity index (χ3v) is 12.5. The van der Waals surface area contributed by atoms with Crippen molar-refractivity contribution in [1.29, 1.82) is 10.8 Å². The van der Waals surface area contributed by atoms with Crippen molar-refractivity contribution in [2.75, 3.05) is 19.6 Å². The number of para-hydroxylation sites is 1. The molecule has 3 heterocycles. The average molecular weight is 1070 g/mol. The van der Waals surface area contributed by atoms with Crippen molar-refractivity contribution < 1.29 is 43.2 Å². The zero-order valence-corrected chi connectivity index (χ0v) is 42.7. The minimum atomic E-state index is -1.66. The summed E-state index contributed by atoms with van der Waals surface area (Å²) in [5, 5.41) is 42.5. The highest BCUT2D eigenvalue weighted by atomic mass is 16.2. The maximum absolute atomic E-state index is 14.7. The van der Waals surface area contributed by atoms with Gasteiger partial charge in [0.25, 0.3) is 0 Å². The van der Waals surface area contributed by atoms with Crippen molar-refractivity contribution in [1.82, 2.24) is 68.1 Å². The van der Waals surface area contributed by atoms with Gasteiger partial charge in [-0.05, 0) is 62.1 Å². The van der Waals surface area contributed by atoms with Crippen LogP contribution in [0.5, 0.6) is 0 Å². The lowest BCUT2D eigenvalue weighted by Crippen LogP contribution is -2.61. The maximum atomic E-state index is 14.7. The SMILES string of the molecule is CC(=O)N[C@@H](CCCNC(=N)N)C(=O)N[C@H]1CC(=O)NCCCC[C@@H](C(N)=O)NC(=O)[C@H](Cc2c[nH]c3ccccc23)NC(=O)[C@H](CCCNC(=N)N)NC(=O)[C@@H](Cc2ccccc2)NC(=O)[C@@H](Cc2c[nH]cn2)NC1=O. The van der Waals surface area contributed by atoms with Gasteiger partial charge in [0.15, 0.2) is 11.9 Å². The molecular weight excluding hydrogens is 997 g/mol. The largest absolute Gasteiger partial charge is 0.370 e. The number of fused-ring (bicyclic) bond motifs is 1. The van der Waals surface area contributed by atoms with E-state index in [0.29, 0.717) is 16.8 Å². The predicted molar refractivity (Wildman–Crippen MR) is 283 cm³/mol. The molecule has 1 aliphatic heterocycles. The van der Waals surface area contributed by atoms with Crippen molar-refractivity contribution in [2.24, 2.45) is 17.2 Å². The molecule has 27 heteroatoms. The molecule has 0 unspecified atom stereocenters. The molecule has 77 heavy (non-hydrogen) atoms. The normalized spacial score (nSPS) is 20.8. The Hall–Kier alpha value is -9.04. The minimum absolute atomic E-state index is 0.00874. The Kier molecular flexibility index (Phi) is 22.7. The highest BCUT2D eigenvalue weighted by Gasteiger charge is 2.35. The van der Waals surface area contributed by atoms with E-state index < -0.39 is 102 Å². The first kappa shape index (κ1) is 58.8. The van der Waals surface area contributed by atoms with Crippen LogP contribution in [0.4, 0.5) is 0 Å². The molecule has 20 N–H and O–H groups in total. The fourth-order valence-electron chi connectivity index (χ4n) is 8.54. The molecule has 7 atom stereocenters. The molecule has 0 radical (unpaired) electrons. The van der Waals surface area contributed by atoms with E-state index in [1.165, 1.54) is 19.4 Å². The zero-order valence-electron chi connectivity index (χ0n) is 42.7. The first-order chi connectivity index (χ1) is 36.9. The molecule has 2 aromatic carbocycles. The first-order valence-corrected chi connectivity index (χ1v) is 25.2. The summed E-state index contributed by atoms with van der Waals surface area (Å²) in [4.78, 5) is 136. The Balaban J connectivity index is 1.54. The lowest BCUT2D eigenvalue weighted by atomic mass is 10.0. The number of aromatic nitrogens is 3. The highest BCUT2D eigenvalue weighted by Crippen LogP contribution is 2.20. The Bertz CT molecular complexity index is 2700. The van der Waals surface area contributed by atoms with Crippen LogP contribution < -0.4 is 70.4 Å². The minimum Gasteiger partial charge on any atom is -0.370 e. The van der Waals surface area contributed by atoms with E-state index in [2.05, 4.69) is 68.1 Å². The summed E-state index contributed by atoms with van der Waals surface area (Å²) in [7, 11) is 0. The predicted octanol–water partition coefficient (Wildman–Crippen LogP) is -2.97. The van der Waals surface area contributed by atoms with E-state index in [4.69, 9.17) is 28.0 Å². The van der Waals surface area contributed by atoms with E-state index in [0.717, 1.165) is 10.9 Å². The van der Waals surface area contributed by atoms with Gasteiger partial charge in [-0.1, -0.05) is 48.5 Å². The number of hydrogen-bond donors (Lipinski definition) is 17. The summed E-state index contributed by atoms with van der Waals surface area (Å²) in [5.41, 5.74) is 19.0. The topological polar surface area (TPSA) is 444 Å². The van der Waals surface area contributed by atoms with Gasteiger partial charge in [0, 0.05) is 69.1 Å². The summed E-state index contributed by atoms with van der Waals surface area (Å²) in [6.45, 7) is 1.48. The lowest BCUT2D eigenvalue weighted by molar-refractivity contribution is -0.136. The van der Waals surface area contributed by atoms with Crippen LogP contribution in [-0.4, -0.2) is 142 Å². The number of benzene rings is 2. The summed E-state index contributed by atoms with van der Waals surface area (Å²) >= 11 is 0. The summed E-state index contributed by atoms with van der Waals surface area (Å²) < 4.78 is 0. The van der Waals surface area contributed by atoms with E-state index in [-0.39, 0.29) is 95.8 Å². The Morgan fingerprint density at radius 3 is 1.99 bits per heavy atom. The van der Waals surface area contributed by atoms with E-state index in [1.807, 2.05) is 24.3 Å². The van der Waals surface area contributed by atoms with Crippen molar-refractivity contribution in [2.45, 2.75) is 120 Å². The van der Waals surface area contributed by atoms with Crippen LogP contribution in [0, 0.1) is 10.8 Å². The van der Waals surface area contributed by atoms with Gasteiger partial charge in [-0.25, -0.2) is 4.98 Å². The Morgan fingerprint density at radius 2 is 1.32 bits per heavy atom. The number of guanidine groups is 2. The molecule has 0 saturated carbocycles. The van der Waals surface area contributed by atoms with E-state index in [9.17, 15) is 43.2 Å². The number of primary amides is 1. The number of carbonyl (C=O) groups is 9. The number of H-pyrrole nitrogens is 2. The van der Waals surface area contributed by atoms with Crippen LogP contribution in [0.3, 0.4) is 0 Å². The molecule has 414 valence electrons. The second-order valence-electron chi connectivity index (χ2n) is 18.6. The highest BCUT2D eigenvalue weighted by molar-refractivity contribution is 5.99. The van der Waals surface area contributed by atoms with Crippen LogP contribution in [0.1, 0.15) is 75.1 Å². The van der Waals surface area contributed by atoms with Crippen molar-refractivity contribution in [3.05, 3.63) is 90.1 Å².